The van der Waals surface area contributed by atoms with Crippen molar-refractivity contribution in [1.29, 1.82) is 0 Å². The highest BCUT2D eigenvalue weighted by Gasteiger charge is 2.21. The number of hydrogen-bond acceptors (Lipinski definition) is 5. The molecule has 0 atom stereocenters. The fourth-order valence-electron chi connectivity index (χ4n) is 4.48. The molecule has 0 saturated carbocycles. The SMILES string of the molecule is CCNC(=NCC1CCN(Cc2nc(C)c(C)o2)CC1)NCCCN1CCC(C)CC1.I. The molecule has 184 valence electrons. The van der Waals surface area contributed by atoms with Crippen LogP contribution in [0.15, 0.2) is 9.41 Å². The molecule has 2 N–H and O–H groups in total. The molecule has 0 radical (unpaired) electrons. The summed E-state index contributed by atoms with van der Waals surface area (Å²) in [5.41, 5.74) is 1.01. The van der Waals surface area contributed by atoms with Crippen molar-refractivity contribution in [3.63, 3.8) is 0 Å². The third-order valence-corrected chi connectivity index (χ3v) is 6.81. The van der Waals surface area contributed by atoms with Gasteiger partial charge in [0, 0.05) is 19.6 Å². The first kappa shape index (κ1) is 27.4. The van der Waals surface area contributed by atoms with Crippen molar-refractivity contribution < 1.29 is 4.42 Å². The van der Waals surface area contributed by atoms with Crippen LogP contribution in [0.5, 0.6) is 0 Å². The molecule has 2 aliphatic heterocycles. The molecule has 3 rings (SSSR count). The number of aliphatic imine (C=N–C) groups is 1. The van der Waals surface area contributed by atoms with Gasteiger partial charge in [-0.05, 0) is 97.4 Å². The highest BCUT2D eigenvalue weighted by atomic mass is 127. The van der Waals surface area contributed by atoms with Gasteiger partial charge in [0.15, 0.2) is 5.96 Å². The quantitative estimate of drug-likeness (QED) is 0.207. The van der Waals surface area contributed by atoms with E-state index in [1.54, 1.807) is 0 Å². The zero-order chi connectivity index (χ0) is 22.1. The number of oxazole rings is 1. The number of likely N-dealkylation sites (tertiary alicyclic amines) is 2. The van der Waals surface area contributed by atoms with Crippen molar-refractivity contribution in [2.24, 2.45) is 16.8 Å². The second-order valence-corrected chi connectivity index (χ2v) is 9.49. The van der Waals surface area contributed by atoms with Crippen molar-refractivity contribution in [2.45, 2.75) is 66.3 Å². The minimum Gasteiger partial charge on any atom is -0.444 e. The lowest BCUT2D eigenvalue weighted by Gasteiger charge is -2.30. The average molecular weight is 561 g/mol. The van der Waals surface area contributed by atoms with E-state index in [2.05, 4.69) is 39.3 Å². The molecule has 2 saturated heterocycles. The van der Waals surface area contributed by atoms with E-state index in [0.717, 1.165) is 68.5 Å². The Morgan fingerprint density at radius 1 is 1.06 bits per heavy atom. The van der Waals surface area contributed by atoms with Gasteiger partial charge in [0.2, 0.25) is 5.89 Å². The second-order valence-electron chi connectivity index (χ2n) is 9.49. The molecule has 0 spiro atoms. The number of hydrogen-bond donors (Lipinski definition) is 2. The van der Waals surface area contributed by atoms with Gasteiger partial charge in [-0.25, -0.2) is 4.98 Å². The van der Waals surface area contributed by atoms with Crippen molar-refractivity contribution >= 4 is 29.9 Å². The molecule has 0 unspecified atom stereocenters. The minimum absolute atomic E-state index is 0. The molecule has 0 aromatic carbocycles. The average Bonchev–Trinajstić information content (AvgIpc) is 3.08. The lowest BCUT2D eigenvalue weighted by Crippen LogP contribution is -2.40. The highest BCUT2D eigenvalue weighted by Crippen LogP contribution is 2.20. The predicted molar refractivity (Wildman–Crippen MR) is 143 cm³/mol. The van der Waals surface area contributed by atoms with Crippen LogP contribution in [0.3, 0.4) is 0 Å². The van der Waals surface area contributed by atoms with Gasteiger partial charge in [0.25, 0.3) is 0 Å². The molecule has 8 heteroatoms. The molecule has 2 aliphatic rings. The molecular weight excluding hydrogens is 515 g/mol. The smallest absolute Gasteiger partial charge is 0.208 e. The molecular formula is C24H45IN6O. The maximum Gasteiger partial charge on any atom is 0.208 e. The summed E-state index contributed by atoms with van der Waals surface area (Å²) in [6, 6.07) is 0. The number of piperidine rings is 2. The van der Waals surface area contributed by atoms with Crippen LogP contribution in [0.25, 0.3) is 0 Å². The number of aryl methyl sites for hydroxylation is 2. The Morgan fingerprint density at radius 3 is 2.38 bits per heavy atom. The van der Waals surface area contributed by atoms with Crippen molar-refractivity contribution in [3.05, 3.63) is 17.3 Å². The molecule has 2 fully saturated rings. The van der Waals surface area contributed by atoms with E-state index in [1.807, 2.05) is 13.8 Å². The molecule has 0 bridgehead atoms. The first-order chi connectivity index (χ1) is 15.0. The summed E-state index contributed by atoms with van der Waals surface area (Å²) in [5, 5.41) is 6.95. The lowest BCUT2D eigenvalue weighted by atomic mass is 9.97. The summed E-state index contributed by atoms with van der Waals surface area (Å²) < 4.78 is 5.75. The summed E-state index contributed by atoms with van der Waals surface area (Å²) >= 11 is 0. The van der Waals surface area contributed by atoms with E-state index < -0.39 is 0 Å². The molecule has 0 amide bonds. The largest absolute Gasteiger partial charge is 0.444 e. The maximum atomic E-state index is 5.75. The van der Waals surface area contributed by atoms with Crippen LogP contribution >= 0.6 is 24.0 Å². The Kier molecular flexibility index (Phi) is 12.3. The predicted octanol–water partition coefficient (Wildman–Crippen LogP) is 3.80. The fraction of sp³-hybridized carbons (Fsp3) is 0.833. The van der Waals surface area contributed by atoms with E-state index in [4.69, 9.17) is 9.41 Å². The van der Waals surface area contributed by atoms with E-state index in [0.29, 0.717) is 5.92 Å². The van der Waals surface area contributed by atoms with Gasteiger partial charge in [-0.15, -0.1) is 24.0 Å². The normalized spacial score (nSPS) is 19.7. The lowest BCUT2D eigenvalue weighted by molar-refractivity contribution is 0.166. The molecule has 1 aromatic rings. The van der Waals surface area contributed by atoms with E-state index >= 15 is 0 Å². The number of guanidine groups is 1. The highest BCUT2D eigenvalue weighted by molar-refractivity contribution is 14.0. The van der Waals surface area contributed by atoms with Crippen molar-refractivity contribution in [2.75, 3.05) is 52.4 Å². The van der Waals surface area contributed by atoms with Gasteiger partial charge in [-0.2, -0.15) is 0 Å². The summed E-state index contributed by atoms with van der Waals surface area (Å²) in [6.07, 6.45) is 6.27. The van der Waals surface area contributed by atoms with E-state index in [-0.39, 0.29) is 24.0 Å². The first-order valence-corrected chi connectivity index (χ1v) is 12.4. The molecule has 1 aromatic heterocycles. The van der Waals surface area contributed by atoms with Crippen LogP contribution in [-0.2, 0) is 6.54 Å². The summed E-state index contributed by atoms with van der Waals surface area (Å²) in [4.78, 5) is 14.5. The minimum atomic E-state index is 0. The Labute approximate surface area is 212 Å². The van der Waals surface area contributed by atoms with Crippen molar-refractivity contribution in [1.82, 2.24) is 25.4 Å². The van der Waals surface area contributed by atoms with Gasteiger partial charge in [-0.3, -0.25) is 9.89 Å². The standard InChI is InChI=1S/C24H44N6O.HI/c1-5-25-24(26-11-6-12-29-13-7-19(2)8-14-29)27-17-22-9-15-30(16-10-22)18-23-28-20(3)21(4)31-23;/h19,22H,5-18H2,1-4H3,(H2,25,26,27);1H. The number of nitrogens with one attached hydrogen (secondary N) is 2. The van der Waals surface area contributed by atoms with Crippen LogP contribution in [0.1, 0.15) is 63.3 Å². The van der Waals surface area contributed by atoms with Gasteiger partial charge in [0.1, 0.15) is 5.76 Å². The van der Waals surface area contributed by atoms with Crippen molar-refractivity contribution in [3.8, 4) is 0 Å². The second kappa shape index (κ2) is 14.4. The van der Waals surface area contributed by atoms with Crippen LogP contribution < -0.4 is 10.6 Å². The van der Waals surface area contributed by atoms with Gasteiger partial charge >= 0.3 is 0 Å². The summed E-state index contributed by atoms with van der Waals surface area (Å²) in [6.45, 7) is 18.1. The molecule has 32 heavy (non-hydrogen) atoms. The third kappa shape index (κ3) is 9.17. The van der Waals surface area contributed by atoms with Crippen LogP contribution in [-0.4, -0.2) is 73.1 Å². The zero-order valence-corrected chi connectivity index (χ0v) is 23.0. The number of nitrogens with zero attached hydrogens (tertiary/aromatic N) is 4. The summed E-state index contributed by atoms with van der Waals surface area (Å²) in [5.74, 6) is 4.33. The topological polar surface area (TPSA) is 68.9 Å². The Hall–Kier alpha value is -0.870. The van der Waals surface area contributed by atoms with Gasteiger partial charge in [-0.1, -0.05) is 6.92 Å². The van der Waals surface area contributed by atoms with Gasteiger partial charge in [0.05, 0.1) is 12.2 Å². The van der Waals surface area contributed by atoms with Crippen LogP contribution in [0, 0.1) is 25.7 Å². The molecule has 7 nitrogen and oxygen atoms in total. The zero-order valence-electron chi connectivity index (χ0n) is 20.7. The Balaban J connectivity index is 0.00000363. The van der Waals surface area contributed by atoms with E-state index in [1.165, 1.54) is 51.7 Å². The first-order valence-electron chi connectivity index (χ1n) is 12.4. The monoisotopic (exact) mass is 560 g/mol. The Morgan fingerprint density at radius 2 is 1.75 bits per heavy atom. The number of aromatic nitrogens is 1. The van der Waals surface area contributed by atoms with Gasteiger partial charge < -0.3 is 20.0 Å². The van der Waals surface area contributed by atoms with E-state index in [9.17, 15) is 0 Å². The molecule has 3 heterocycles. The van der Waals surface area contributed by atoms with Crippen LogP contribution in [0.4, 0.5) is 0 Å². The Bertz CT molecular complexity index is 659. The third-order valence-electron chi connectivity index (χ3n) is 6.81. The maximum absolute atomic E-state index is 5.75. The summed E-state index contributed by atoms with van der Waals surface area (Å²) in [7, 11) is 0. The number of rotatable bonds is 9. The molecule has 0 aliphatic carbocycles. The fourth-order valence-corrected chi connectivity index (χ4v) is 4.48. The number of halogens is 1. The van der Waals surface area contributed by atoms with Crippen LogP contribution in [0.2, 0.25) is 0 Å².